The maximum absolute atomic E-state index is 13.1. The number of aryl methyl sites for hydroxylation is 1. The van der Waals surface area contributed by atoms with Gasteiger partial charge in [-0.15, -0.1) is 21.5 Å². The Morgan fingerprint density at radius 1 is 1.05 bits per heavy atom. The summed E-state index contributed by atoms with van der Waals surface area (Å²) in [6, 6.07) is 20.1. The molecule has 0 fully saturated rings. The van der Waals surface area contributed by atoms with Crippen LogP contribution in [0.1, 0.15) is 41.1 Å². The minimum atomic E-state index is -0.371. The second-order valence-electron chi connectivity index (χ2n) is 9.61. The molecule has 0 saturated heterocycles. The fourth-order valence-corrected chi connectivity index (χ4v) is 7.30. The SMILES string of the molecule is CCOC(=O)c1c(NC(=O)CSc2nnc(-c3cc(-c4ccccc4)nc4ccccc34)n2CC)sc2c1CCC2. The summed E-state index contributed by atoms with van der Waals surface area (Å²) in [5.41, 5.74) is 5.23. The molecule has 0 radical (unpaired) electrons. The number of nitrogens with zero attached hydrogens (tertiary/aromatic N) is 4. The summed E-state index contributed by atoms with van der Waals surface area (Å²) >= 11 is 2.81. The van der Waals surface area contributed by atoms with Crippen LogP contribution in [0.4, 0.5) is 5.00 Å². The van der Waals surface area contributed by atoms with Crippen molar-refractivity contribution >= 4 is 50.9 Å². The molecule has 0 saturated carbocycles. The molecule has 41 heavy (non-hydrogen) atoms. The minimum absolute atomic E-state index is 0.134. The number of rotatable bonds is 9. The van der Waals surface area contributed by atoms with E-state index >= 15 is 0 Å². The highest BCUT2D eigenvalue weighted by atomic mass is 32.2. The molecule has 3 aromatic heterocycles. The number of ether oxygens (including phenoxy) is 1. The molecular formula is C31H29N5O3S2. The van der Waals surface area contributed by atoms with Crippen LogP contribution in [0.3, 0.4) is 0 Å². The van der Waals surface area contributed by atoms with Crippen LogP contribution < -0.4 is 5.32 Å². The molecular weight excluding hydrogens is 555 g/mol. The molecule has 0 spiro atoms. The van der Waals surface area contributed by atoms with Gasteiger partial charge in [-0.1, -0.05) is 60.3 Å². The number of nitrogens with one attached hydrogen (secondary N) is 1. The highest BCUT2D eigenvalue weighted by molar-refractivity contribution is 7.99. The smallest absolute Gasteiger partial charge is 0.341 e. The Kier molecular flexibility index (Phi) is 7.84. The fourth-order valence-electron chi connectivity index (χ4n) is 5.20. The van der Waals surface area contributed by atoms with Gasteiger partial charge in [0.15, 0.2) is 11.0 Å². The first-order chi connectivity index (χ1) is 20.1. The predicted molar refractivity (Wildman–Crippen MR) is 164 cm³/mol. The van der Waals surface area contributed by atoms with Crippen molar-refractivity contribution in [3.05, 3.63) is 76.7 Å². The van der Waals surface area contributed by atoms with Crippen molar-refractivity contribution in [1.29, 1.82) is 0 Å². The van der Waals surface area contributed by atoms with E-state index in [1.807, 2.05) is 66.1 Å². The van der Waals surface area contributed by atoms with E-state index in [1.165, 1.54) is 23.1 Å². The number of anilines is 1. The topological polar surface area (TPSA) is 99.0 Å². The Labute approximate surface area is 246 Å². The molecule has 1 N–H and O–H groups in total. The lowest BCUT2D eigenvalue weighted by molar-refractivity contribution is -0.113. The van der Waals surface area contributed by atoms with Gasteiger partial charge in [0.2, 0.25) is 5.91 Å². The Bertz CT molecular complexity index is 1750. The van der Waals surface area contributed by atoms with Gasteiger partial charge in [0.1, 0.15) is 5.00 Å². The number of para-hydroxylation sites is 1. The van der Waals surface area contributed by atoms with Gasteiger partial charge >= 0.3 is 5.97 Å². The average molecular weight is 584 g/mol. The Morgan fingerprint density at radius 2 is 1.85 bits per heavy atom. The summed E-state index contributed by atoms with van der Waals surface area (Å²) in [5, 5.41) is 14.2. The van der Waals surface area contributed by atoms with Gasteiger partial charge in [-0.25, -0.2) is 9.78 Å². The predicted octanol–water partition coefficient (Wildman–Crippen LogP) is 6.64. The molecule has 5 aromatic rings. The van der Waals surface area contributed by atoms with Crippen LogP contribution in [0.2, 0.25) is 0 Å². The standard InChI is InChI=1S/C31H29N5O3S2/c1-3-36-28(22-17-24(19-11-6-5-7-12-19)32-23-15-9-8-13-20(22)23)34-35-31(36)40-18-26(37)33-29-27(30(38)39-4-2)21-14-10-16-25(21)41-29/h5-9,11-13,15,17H,3-4,10,14,16,18H2,1-2H3,(H,33,37). The van der Waals surface area contributed by atoms with Crippen LogP contribution in [0, 0.1) is 0 Å². The number of hydrogen-bond acceptors (Lipinski definition) is 8. The summed E-state index contributed by atoms with van der Waals surface area (Å²) in [6.45, 7) is 4.75. The van der Waals surface area contributed by atoms with Crippen molar-refractivity contribution in [2.45, 2.75) is 44.8 Å². The maximum Gasteiger partial charge on any atom is 0.341 e. The number of fused-ring (bicyclic) bond motifs is 2. The quantitative estimate of drug-likeness (QED) is 0.153. The van der Waals surface area contributed by atoms with Crippen molar-refractivity contribution in [2.24, 2.45) is 0 Å². The number of thioether (sulfide) groups is 1. The average Bonchev–Trinajstić information content (AvgIpc) is 3.70. The van der Waals surface area contributed by atoms with Crippen LogP contribution in [0.5, 0.6) is 0 Å². The Hall–Kier alpha value is -4.02. The second-order valence-corrected chi connectivity index (χ2v) is 11.7. The second kappa shape index (κ2) is 11.8. The molecule has 8 nitrogen and oxygen atoms in total. The van der Waals surface area contributed by atoms with Crippen LogP contribution in [-0.4, -0.2) is 44.0 Å². The molecule has 0 bridgehead atoms. The van der Waals surface area contributed by atoms with Crippen molar-refractivity contribution in [3.8, 4) is 22.6 Å². The van der Waals surface area contributed by atoms with Gasteiger partial charge < -0.3 is 14.6 Å². The largest absolute Gasteiger partial charge is 0.462 e. The molecule has 208 valence electrons. The summed E-state index contributed by atoms with van der Waals surface area (Å²) in [4.78, 5) is 31.8. The van der Waals surface area contributed by atoms with E-state index in [9.17, 15) is 9.59 Å². The molecule has 1 aliphatic rings. The van der Waals surface area contributed by atoms with E-state index in [4.69, 9.17) is 9.72 Å². The summed E-state index contributed by atoms with van der Waals surface area (Å²) in [7, 11) is 0. The Balaban J connectivity index is 1.26. The number of pyridine rings is 1. The van der Waals surface area contributed by atoms with E-state index < -0.39 is 0 Å². The molecule has 1 aliphatic carbocycles. The van der Waals surface area contributed by atoms with E-state index in [1.54, 1.807) is 6.92 Å². The number of carbonyl (C=O) groups excluding carboxylic acids is 2. The fraction of sp³-hybridized carbons (Fsp3) is 0.258. The highest BCUT2D eigenvalue weighted by Gasteiger charge is 2.28. The molecule has 1 amide bonds. The van der Waals surface area contributed by atoms with Crippen molar-refractivity contribution < 1.29 is 14.3 Å². The van der Waals surface area contributed by atoms with Gasteiger partial charge in [0, 0.05) is 27.9 Å². The van der Waals surface area contributed by atoms with E-state index in [0.29, 0.717) is 28.9 Å². The lowest BCUT2D eigenvalue weighted by Gasteiger charge is -2.12. The van der Waals surface area contributed by atoms with Gasteiger partial charge in [-0.05, 0) is 50.8 Å². The molecule has 0 unspecified atom stereocenters. The zero-order chi connectivity index (χ0) is 28.3. The van der Waals surface area contributed by atoms with Gasteiger partial charge in [-0.3, -0.25) is 4.79 Å². The Morgan fingerprint density at radius 3 is 2.66 bits per heavy atom. The normalized spacial score (nSPS) is 12.4. The number of amides is 1. The maximum atomic E-state index is 13.1. The first-order valence-electron chi connectivity index (χ1n) is 13.7. The van der Waals surface area contributed by atoms with E-state index in [-0.39, 0.29) is 17.6 Å². The zero-order valence-electron chi connectivity index (χ0n) is 22.8. The number of thiophene rings is 1. The third-order valence-electron chi connectivity index (χ3n) is 7.05. The summed E-state index contributed by atoms with van der Waals surface area (Å²) in [6.07, 6.45) is 2.78. The van der Waals surface area contributed by atoms with Crippen LogP contribution in [0.15, 0.2) is 65.8 Å². The lowest BCUT2D eigenvalue weighted by atomic mass is 10.0. The van der Waals surface area contributed by atoms with Crippen LogP contribution in [0.25, 0.3) is 33.5 Å². The lowest BCUT2D eigenvalue weighted by Crippen LogP contribution is -2.17. The highest BCUT2D eigenvalue weighted by Crippen LogP contribution is 2.40. The molecule has 2 aromatic carbocycles. The monoisotopic (exact) mass is 583 g/mol. The molecule has 10 heteroatoms. The van der Waals surface area contributed by atoms with Crippen molar-refractivity contribution in [2.75, 3.05) is 17.7 Å². The molecule has 6 rings (SSSR count). The molecule has 3 heterocycles. The third kappa shape index (κ3) is 5.37. The third-order valence-corrected chi connectivity index (χ3v) is 9.22. The molecule has 0 aliphatic heterocycles. The first-order valence-corrected chi connectivity index (χ1v) is 15.5. The van der Waals surface area contributed by atoms with E-state index in [2.05, 4.69) is 21.6 Å². The van der Waals surface area contributed by atoms with Crippen LogP contribution >= 0.6 is 23.1 Å². The summed E-state index contributed by atoms with van der Waals surface area (Å²) in [5.74, 6) is 0.290. The van der Waals surface area contributed by atoms with Crippen molar-refractivity contribution in [1.82, 2.24) is 19.7 Å². The summed E-state index contributed by atoms with van der Waals surface area (Å²) < 4.78 is 7.32. The number of hydrogen-bond donors (Lipinski definition) is 1. The zero-order valence-corrected chi connectivity index (χ0v) is 24.5. The van der Waals surface area contributed by atoms with E-state index in [0.717, 1.165) is 63.3 Å². The minimum Gasteiger partial charge on any atom is -0.462 e. The number of benzene rings is 2. The molecule has 0 atom stereocenters. The van der Waals surface area contributed by atoms with Crippen molar-refractivity contribution in [3.63, 3.8) is 0 Å². The first kappa shape index (κ1) is 27.2. The van der Waals surface area contributed by atoms with Gasteiger partial charge in [-0.2, -0.15) is 0 Å². The van der Waals surface area contributed by atoms with Gasteiger partial charge in [0.25, 0.3) is 0 Å². The van der Waals surface area contributed by atoms with Gasteiger partial charge in [0.05, 0.1) is 29.1 Å². The van der Waals surface area contributed by atoms with Crippen LogP contribution in [-0.2, 0) is 28.9 Å². The number of esters is 1. The number of aromatic nitrogens is 4. The number of carbonyl (C=O) groups is 2.